The summed E-state index contributed by atoms with van der Waals surface area (Å²) in [6.45, 7) is 4.31. The summed E-state index contributed by atoms with van der Waals surface area (Å²) in [6.07, 6.45) is 2.32. The molecular formula is C23H24N2O4. The highest BCUT2D eigenvalue weighted by atomic mass is 16.5. The van der Waals surface area contributed by atoms with Crippen molar-refractivity contribution < 1.29 is 18.7 Å². The number of rotatable bonds is 7. The average molecular weight is 392 g/mol. The van der Waals surface area contributed by atoms with Gasteiger partial charge in [0.1, 0.15) is 0 Å². The largest absolute Gasteiger partial charge is 0.465 e. The molecule has 2 aromatic carbocycles. The number of esters is 1. The van der Waals surface area contributed by atoms with Gasteiger partial charge in [0, 0.05) is 24.1 Å². The normalized spacial score (nSPS) is 10.8. The molecule has 0 atom stereocenters. The first-order valence-corrected chi connectivity index (χ1v) is 9.49. The first-order valence-electron chi connectivity index (χ1n) is 9.49. The number of methoxy groups -OCH3 is 1. The Bertz CT molecular complexity index is 973. The molecule has 0 unspecified atom stereocenters. The minimum atomic E-state index is -0.415. The number of hydrogen-bond acceptors (Lipinski definition) is 5. The maximum atomic E-state index is 12.2. The van der Waals surface area contributed by atoms with E-state index < -0.39 is 5.97 Å². The van der Waals surface area contributed by atoms with Gasteiger partial charge in [-0.3, -0.25) is 4.79 Å². The Morgan fingerprint density at radius 1 is 1.07 bits per heavy atom. The molecular weight excluding hydrogens is 368 g/mol. The number of carbonyl (C=O) groups excluding carboxylic acids is 2. The van der Waals surface area contributed by atoms with Crippen LogP contribution < -0.4 is 5.32 Å². The summed E-state index contributed by atoms with van der Waals surface area (Å²) < 4.78 is 10.4. The molecule has 0 bridgehead atoms. The third kappa shape index (κ3) is 5.31. The number of nitrogens with zero attached hydrogens (tertiary/aromatic N) is 1. The number of anilines is 1. The molecule has 0 aliphatic rings. The number of nitrogens with one attached hydrogen (secondary N) is 1. The van der Waals surface area contributed by atoms with Crippen molar-refractivity contribution in [3.63, 3.8) is 0 Å². The zero-order chi connectivity index (χ0) is 20.8. The summed E-state index contributed by atoms with van der Waals surface area (Å²) in [5.74, 6) is 1.11. The van der Waals surface area contributed by atoms with E-state index >= 15 is 0 Å². The molecule has 3 aromatic rings. The number of aryl methyl sites for hydroxylation is 1. The highest BCUT2D eigenvalue weighted by Gasteiger charge is 2.11. The van der Waals surface area contributed by atoms with E-state index in [-0.39, 0.29) is 12.3 Å². The highest BCUT2D eigenvalue weighted by Crippen LogP contribution is 2.23. The molecule has 29 heavy (non-hydrogen) atoms. The first kappa shape index (κ1) is 20.3. The Labute approximate surface area is 169 Å². The third-order valence-corrected chi connectivity index (χ3v) is 4.57. The van der Waals surface area contributed by atoms with Gasteiger partial charge >= 0.3 is 5.97 Å². The van der Waals surface area contributed by atoms with Crippen LogP contribution in [0.15, 0.2) is 59.1 Å². The zero-order valence-corrected chi connectivity index (χ0v) is 16.8. The Hall–Kier alpha value is -3.41. The Balaban J connectivity index is 1.53. The second-order valence-electron chi connectivity index (χ2n) is 7.01. The fourth-order valence-corrected chi connectivity index (χ4v) is 2.84. The van der Waals surface area contributed by atoms with Crippen molar-refractivity contribution >= 4 is 17.6 Å². The number of benzene rings is 2. The van der Waals surface area contributed by atoms with E-state index in [1.165, 1.54) is 12.7 Å². The van der Waals surface area contributed by atoms with Gasteiger partial charge in [-0.05, 0) is 35.7 Å². The molecule has 0 aliphatic heterocycles. The van der Waals surface area contributed by atoms with Crippen molar-refractivity contribution in [2.45, 2.75) is 32.6 Å². The standard InChI is InChI=1S/C23H24N2O4/c1-15(2)16-4-6-17(7-5-16)20-14-24-22(29-20)13-12-21(26)25-19-10-8-18(9-11-19)23(27)28-3/h4-11,14-15H,12-13H2,1-3H3,(H,25,26). The molecule has 1 amide bonds. The van der Waals surface area contributed by atoms with Crippen molar-refractivity contribution in [3.8, 4) is 11.3 Å². The summed E-state index contributed by atoms with van der Waals surface area (Å²) in [6, 6.07) is 14.7. The highest BCUT2D eigenvalue weighted by molar-refractivity contribution is 5.93. The van der Waals surface area contributed by atoms with Crippen LogP contribution in [0.5, 0.6) is 0 Å². The molecule has 6 nitrogen and oxygen atoms in total. The molecule has 3 rings (SSSR count). The summed E-state index contributed by atoms with van der Waals surface area (Å²) >= 11 is 0. The molecule has 1 N–H and O–H groups in total. The van der Waals surface area contributed by atoms with Crippen LogP contribution in [0.1, 0.15) is 48.0 Å². The van der Waals surface area contributed by atoms with E-state index in [1.807, 2.05) is 12.1 Å². The summed E-state index contributed by atoms with van der Waals surface area (Å²) in [7, 11) is 1.33. The molecule has 0 saturated carbocycles. The van der Waals surface area contributed by atoms with E-state index in [0.29, 0.717) is 35.2 Å². The van der Waals surface area contributed by atoms with E-state index in [0.717, 1.165) is 5.56 Å². The lowest BCUT2D eigenvalue weighted by atomic mass is 10.0. The first-order chi connectivity index (χ1) is 14.0. The van der Waals surface area contributed by atoms with Gasteiger partial charge in [0.05, 0.1) is 18.9 Å². The molecule has 0 radical (unpaired) electrons. The summed E-state index contributed by atoms with van der Waals surface area (Å²) in [4.78, 5) is 27.9. The van der Waals surface area contributed by atoms with Crippen LogP contribution in [0.25, 0.3) is 11.3 Å². The summed E-state index contributed by atoms with van der Waals surface area (Å²) in [5, 5.41) is 2.79. The molecule has 0 aliphatic carbocycles. The monoisotopic (exact) mass is 392 g/mol. The van der Waals surface area contributed by atoms with Crippen LogP contribution in [0.4, 0.5) is 5.69 Å². The van der Waals surface area contributed by atoms with Crippen molar-refractivity contribution in [1.82, 2.24) is 4.98 Å². The van der Waals surface area contributed by atoms with Gasteiger partial charge < -0.3 is 14.5 Å². The van der Waals surface area contributed by atoms with E-state index in [9.17, 15) is 9.59 Å². The SMILES string of the molecule is COC(=O)c1ccc(NC(=O)CCc2ncc(-c3ccc(C(C)C)cc3)o2)cc1. The maximum absolute atomic E-state index is 12.2. The lowest BCUT2D eigenvalue weighted by molar-refractivity contribution is -0.116. The second-order valence-corrected chi connectivity index (χ2v) is 7.01. The second kappa shape index (κ2) is 9.19. The van der Waals surface area contributed by atoms with Crippen molar-refractivity contribution in [2.75, 3.05) is 12.4 Å². The number of carbonyl (C=O) groups is 2. The molecule has 0 fully saturated rings. The lowest BCUT2D eigenvalue weighted by Gasteiger charge is -2.06. The van der Waals surface area contributed by atoms with Crippen LogP contribution in [0.2, 0.25) is 0 Å². The van der Waals surface area contributed by atoms with Crippen molar-refractivity contribution in [2.24, 2.45) is 0 Å². The van der Waals surface area contributed by atoms with Crippen LogP contribution in [0, 0.1) is 0 Å². The van der Waals surface area contributed by atoms with Crippen molar-refractivity contribution in [3.05, 3.63) is 71.7 Å². The van der Waals surface area contributed by atoms with Crippen LogP contribution in [-0.2, 0) is 16.0 Å². The quantitative estimate of drug-likeness (QED) is 0.583. The minimum absolute atomic E-state index is 0.156. The predicted molar refractivity (Wildman–Crippen MR) is 111 cm³/mol. The van der Waals surface area contributed by atoms with Gasteiger partial charge in [-0.25, -0.2) is 9.78 Å². The Morgan fingerprint density at radius 3 is 2.38 bits per heavy atom. The van der Waals surface area contributed by atoms with Gasteiger partial charge in [0.2, 0.25) is 5.91 Å². The van der Waals surface area contributed by atoms with Crippen molar-refractivity contribution in [1.29, 1.82) is 0 Å². The fourth-order valence-electron chi connectivity index (χ4n) is 2.84. The molecule has 1 aromatic heterocycles. The molecule has 6 heteroatoms. The topological polar surface area (TPSA) is 81.4 Å². The Kier molecular flexibility index (Phi) is 6.44. The fraction of sp³-hybridized carbons (Fsp3) is 0.261. The van der Waals surface area contributed by atoms with Crippen LogP contribution in [-0.4, -0.2) is 24.0 Å². The average Bonchev–Trinajstić information content (AvgIpc) is 3.21. The molecule has 0 spiro atoms. The minimum Gasteiger partial charge on any atom is -0.465 e. The number of ether oxygens (including phenoxy) is 1. The molecule has 0 saturated heterocycles. The van der Waals surface area contributed by atoms with E-state index in [4.69, 9.17) is 4.42 Å². The lowest BCUT2D eigenvalue weighted by Crippen LogP contribution is -2.12. The maximum Gasteiger partial charge on any atom is 0.337 e. The van der Waals surface area contributed by atoms with Gasteiger partial charge in [-0.2, -0.15) is 0 Å². The number of amides is 1. The van der Waals surface area contributed by atoms with Crippen LogP contribution in [0.3, 0.4) is 0 Å². The third-order valence-electron chi connectivity index (χ3n) is 4.57. The number of hydrogen-bond donors (Lipinski definition) is 1. The Morgan fingerprint density at radius 2 is 1.76 bits per heavy atom. The van der Waals surface area contributed by atoms with Gasteiger partial charge in [-0.1, -0.05) is 38.1 Å². The van der Waals surface area contributed by atoms with Gasteiger partial charge in [0.25, 0.3) is 0 Å². The molecule has 150 valence electrons. The van der Waals surface area contributed by atoms with E-state index in [2.05, 4.69) is 41.0 Å². The van der Waals surface area contributed by atoms with E-state index in [1.54, 1.807) is 30.5 Å². The van der Waals surface area contributed by atoms with Gasteiger partial charge in [0.15, 0.2) is 11.7 Å². The predicted octanol–water partition coefficient (Wildman–Crippen LogP) is 4.82. The number of oxazole rings is 1. The zero-order valence-electron chi connectivity index (χ0n) is 16.8. The van der Waals surface area contributed by atoms with Crippen LogP contribution >= 0.6 is 0 Å². The number of aromatic nitrogens is 1. The van der Waals surface area contributed by atoms with Gasteiger partial charge in [-0.15, -0.1) is 0 Å². The smallest absolute Gasteiger partial charge is 0.337 e. The molecule has 1 heterocycles. The summed E-state index contributed by atoms with van der Waals surface area (Å²) in [5.41, 5.74) is 3.27.